The Kier molecular flexibility index (Phi) is 3.69. The van der Waals surface area contributed by atoms with Crippen LogP contribution in [0.5, 0.6) is 0 Å². The van der Waals surface area contributed by atoms with Gasteiger partial charge in [-0.2, -0.15) is 0 Å². The summed E-state index contributed by atoms with van der Waals surface area (Å²) >= 11 is 0. The molecule has 1 saturated heterocycles. The van der Waals surface area contributed by atoms with Crippen molar-refractivity contribution in [1.29, 1.82) is 0 Å². The van der Waals surface area contributed by atoms with E-state index < -0.39 is 0 Å². The van der Waals surface area contributed by atoms with Gasteiger partial charge in [-0.1, -0.05) is 0 Å². The van der Waals surface area contributed by atoms with Crippen LogP contribution in [0, 0.1) is 0 Å². The molecule has 0 saturated carbocycles. The lowest BCUT2D eigenvalue weighted by Crippen LogP contribution is -2.51. The maximum atomic E-state index is 11.6. The number of carbonyl (C=O) groups excluding carboxylic acids is 1. The predicted octanol–water partition coefficient (Wildman–Crippen LogP) is -0.406. The second kappa shape index (κ2) is 4.58. The molecule has 0 radical (unpaired) electrons. The lowest BCUT2D eigenvalue weighted by Gasteiger charge is -2.22. The van der Waals surface area contributed by atoms with Crippen LogP contribution in [0.1, 0.15) is 26.2 Å². The van der Waals surface area contributed by atoms with E-state index in [4.69, 9.17) is 5.73 Å². The Bertz CT molecular complexity index is 176. The fourth-order valence-electron chi connectivity index (χ4n) is 1.59. The summed E-state index contributed by atoms with van der Waals surface area (Å²) in [5, 5.41) is 6.10. The van der Waals surface area contributed by atoms with Gasteiger partial charge in [0, 0.05) is 6.54 Å². The Hall–Kier alpha value is -0.610. The molecule has 0 aromatic carbocycles. The molecule has 0 spiro atoms. The summed E-state index contributed by atoms with van der Waals surface area (Å²) in [6, 6.07) is 0. The van der Waals surface area contributed by atoms with Crippen LogP contribution in [0.4, 0.5) is 0 Å². The lowest BCUT2D eigenvalue weighted by atomic mass is 9.99. The summed E-state index contributed by atoms with van der Waals surface area (Å²) in [4.78, 5) is 11.6. The van der Waals surface area contributed by atoms with Gasteiger partial charge in [0.25, 0.3) is 0 Å². The van der Waals surface area contributed by atoms with Crippen molar-refractivity contribution in [3.05, 3.63) is 0 Å². The third-order valence-electron chi connectivity index (χ3n) is 2.54. The molecule has 0 bridgehead atoms. The highest BCUT2D eigenvalue weighted by atomic mass is 16.2. The van der Waals surface area contributed by atoms with Crippen molar-refractivity contribution in [1.82, 2.24) is 10.6 Å². The third kappa shape index (κ3) is 2.67. The Morgan fingerprint density at radius 1 is 1.69 bits per heavy atom. The number of rotatable bonds is 4. The Morgan fingerprint density at radius 3 is 3.00 bits per heavy atom. The highest BCUT2D eigenvalue weighted by Crippen LogP contribution is 2.18. The van der Waals surface area contributed by atoms with Gasteiger partial charge in [0.15, 0.2) is 0 Å². The van der Waals surface area contributed by atoms with Crippen LogP contribution >= 0.6 is 0 Å². The van der Waals surface area contributed by atoms with Gasteiger partial charge in [-0.15, -0.1) is 0 Å². The molecule has 1 atom stereocenters. The van der Waals surface area contributed by atoms with Gasteiger partial charge in [0.1, 0.15) is 0 Å². The molecule has 4 nitrogen and oxygen atoms in total. The zero-order valence-electron chi connectivity index (χ0n) is 8.23. The fraction of sp³-hybridized carbons (Fsp3) is 0.889. The quantitative estimate of drug-likeness (QED) is 0.522. The first kappa shape index (κ1) is 10.5. The second-order valence-electron chi connectivity index (χ2n) is 3.76. The number of nitrogens with two attached hydrogens (primary N) is 1. The molecule has 76 valence electrons. The van der Waals surface area contributed by atoms with Crippen molar-refractivity contribution >= 4 is 5.91 Å². The van der Waals surface area contributed by atoms with Crippen molar-refractivity contribution < 1.29 is 4.79 Å². The molecule has 1 heterocycles. The SMILES string of the molecule is CC1(C(=O)NCCCN)CCCN1. The van der Waals surface area contributed by atoms with E-state index in [0.29, 0.717) is 13.1 Å². The summed E-state index contributed by atoms with van der Waals surface area (Å²) in [6.45, 7) is 4.22. The standard InChI is InChI=1S/C9H19N3O/c1-9(4-2-7-12-9)8(13)11-6-3-5-10/h12H,2-7,10H2,1H3,(H,11,13). The number of carbonyl (C=O) groups is 1. The van der Waals surface area contributed by atoms with Gasteiger partial charge in [-0.25, -0.2) is 0 Å². The molecule has 4 heteroatoms. The Morgan fingerprint density at radius 2 is 2.46 bits per heavy atom. The maximum absolute atomic E-state index is 11.6. The van der Waals surface area contributed by atoms with Crippen LogP contribution in [-0.4, -0.2) is 31.1 Å². The van der Waals surface area contributed by atoms with Crippen molar-refractivity contribution in [3.63, 3.8) is 0 Å². The maximum Gasteiger partial charge on any atom is 0.240 e. The summed E-state index contributed by atoms with van der Waals surface area (Å²) in [5.41, 5.74) is 5.00. The minimum Gasteiger partial charge on any atom is -0.354 e. The Labute approximate surface area is 79.3 Å². The molecule has 1 rings (SSSR count). The van der Waals surface area contributed by atoms with E-state index >= 15 is 0 Å². The van der Waals surface area contributed by atoms with Gasteiger partial charge in [0.2, 0.25) is 5.91 Å². The number of nitrogens with one attached hydrogen (secondary N) is 2. The fourth-order valence-corrected chi connectivity index (χ4v) is 1.59. The first-order chi connectivity index (χ1) is 6.19. The highest BCUT2D eigenvalue weighted by molar-refractivity contribution is 5.86. The van der Waals surface area contributed by atoms with E-state index in [2.05, 4.69) is 10.6 Å². The molecule has 0 aromatic heterocycles. The molecular formula is C9H19N3O. The predicted molar refractivity (Wildman–Crippen MR) is 52.3 cm³/mol. The second-order valence-corrected chi connectivity index (χ2v) is 3.76. The molecular weight excluding hydrogens is 166 g/mol. The minimum atomic E-state index is -0.339. The summed E-state index contributed by atoms with van der Waals surface area (Å²) in [5.74, 6) is 0.110. The summed E-state index contributed by atoms with van der Waals surface area (Å²) < 4.78 is 0. The largest absolute Gasteiger partial charge is 0.354 e. The van der Waals surface area contributed by atoms with E-state index in [-0.39, 0.29) is 11.4 Å². The highest BCUT2D eigenvalue weighted by Gasteiger charge is 2.35. The van der Waals surface area contributed by atoms with E-state index in [0.717, 1.165) is 25.8 Å². The van der Waals surface area contributed by atoms with Crippen LogP contribution in [0.3, 0.4) is 0 Å². The molecule has 1 unspecified atom stereocenters. The lowest BCUT2D eigenvalue weighted by molar-refractivity contribution is -0.126. The first-order valence-corrected chi connectivity index (χ1v) is 4.92. The van der Waals surface area contributed by atoms with Crippen LogP contribution in [0.25, 0.3) is 0 Å². The smallest absolute Gasteiger partial charge is 0.240 e. The molecule has 4 N–H and O–H groups in total. The third-order valence-corrected chi connectivity index (χ3v) is 2.54. The number of hydrogen-bond donors (Lipinski definition) is 3. The molecule has 13 heavy (non-hydrogen) atoms. The van der Waals surface area contributed by atoms with Gasteiger partial charge in [0.05, 0.1) is 5.54 Å². The van der Waals surface area contributed by atoms with Crippen molar-refractivity contribution in [2.45, 2.75) is 31.7 Å². The summed E-state index contributed by atoms with van der Waals surface area (Å²) in [6.07, 6.45) is 2.87. The van der Waals surface area contributed by atoms with E-state index in [9.17, 15) is 4.79 Å². The first-order valence-electron chi connectivity index (χ1n) is 4.92. The summed E-state index contributed by atoms with van der Waals surface area (Å²) in [7, 11) is 0. The van der Waals surface area contributed by atoms with Crippen molar-refractivity contribution in [3.8, 4) is 0 Å². The van der Waals surface area contributed by atoms with Crippen LogP contribution < -0.4 is 16.4 Å². The van der Waals surface area contributed by atoms with Crippen LogP contribution in [0.2, 0.25) is 0 Å². The monoisotopic (exact) mass is 185 g/mol. The molecule has 0 aliphatic carbocycles. The van der Waals surface area contributed by atoms with Gasteiger partial charge < -0.3 is 16.4 Å². The average Bonchev–Trinajstić information content (AvgIpc) is 2.54. The van der Waals surface area contributed by atoms with E-state index in [1.807, 2.05) is 6.92 Å². The normalized spacial score (nSPS) is 27.5. The van der Waals surface area contributed by atoms with Crippen molar-refractivity contribution in [2.24, 2.45) is 5.73 Å². The van der Waals surface area contributed by atoms with E-state index in [1.165, 1.54) is 0 Å². The molecule has 1 amide bonds. The number of amides is 1. The van der Waals surface area contributed by atoms with Gasteiger partial charge in [-0.05, 0) is 39.3 Å². The Balaban J connectivity index is 2.29. The number of hydrogen-bond acceptors (Lipinski definition) is 3. The minimum absolute atomic E-state index is 0.110. The molecule has 1 aliphatic rings. The average molecular weight is 185 g/mol. The van der Waals surface area contributed by atoms with Gasteiger partial charge >= 0.3 is 0 Å². The van der Waals surface area contributed by atoms with E-state index in [1.54, 1.807) is 0 Å². The molecule has 0 aromatic rings. The van der Waals surface area contributed by atoms with Crippen molar-refractivity contribution in [2.75, 3.05) is 19.6 Å². The van der Waals surface area contributed by atoms with Crippen LogP contribution in [-0.2, 0) is 4.79 Å². The molecule has 1 aliphatic heterocycles. The zero-order valence-corrected chi connectivity index (χ0v) is 8.23. The zero-order chi connectivity index (χ0) is 9.73. The van der Waals surface area contributed by atoms with Crippen LogP contribution in [0.15, 0.2) is 0 Å². The van der Waals surface area contributed by atoms with Gasteiger partial charge in [-0.3, -0.25) is 4.79 Å². The topological polar surface area (TPSA) is 67.2 Å². The molecule has 1 fully saturated rings.